The number of fused-ring (bicyclic) bond motifs is 1. The Hall–Kier alpha value is -3.35. The van der Waals surface area contributed by atoms with Gasteiger partial charge in [-0.3, -0.25) is 9.59 Å². The number of carbonyl (C=O) groups is 2. The maximum absolute atomic E-state index is 12.7. The summed E-state index contributed by atoms with van der Waals surface area (Å²) in [6, 6.07) is 13.2. The molecule has 7 nitrogen and oxygen atoms in total. The Bertz CT molecular complexity index is 969. The highest BCUT2D eigenvalue weighted by atomic mass is 16.7. The second kappa shape index (κ2) is 7.34. The summed E-state index contributed by atoms with van der Waals surface area (Å²) >= 11 is 0. The number of hydrazone groups is 1. The van der Waals surface area contributed by atoms with E-state index in [2.05, 4.69) is 5.10 Å². The molecule has 28 heavy (non-hydrogen) atoms. The molecule has 0 bridgehead atoms. The predicted molar refractivity (Wildman–Crippen MR) is 101 cm³/mol. The maximum Gasteiger partial charge on any atom is 0.303 e. The minimum absolute atomic E-state index is 0.0962. The number of carboxylic acid groups (broad SMARTS) is 1. The number of aryl methyl sites for hydroxylation is 1. The van der Waals surface area contributed by atoms with Crippen LogP contribution in [0.2, 0.25) is 0 Å². The molecular weight excluding hydrogens is 360 g/mol. The van der Waals surface area contributed by atoms with Gasteiger partial charge in [0.1, 0.15) is 0 Å². The molecule has 2 aromatic carbocycles. The van der Waals surface area contributed by atoms with Crippen LogP contribution in [0.5, 0.6) is 11.5 Å². The zero-order valence-electron chi connectivity index (χ0n) is 15.4. The largest absolute Gasteiger partial charge is 0.481 e. The van der Waals surface area contributed by atoms with Crippen molar-refractivity contribution in [2.75, 3.05) is 6.79 Å². The van der Waals surface area contributed by atoms with Gasteiger partial charge in [-0.2, -0.15) is 5.10 Å². The van der Waals surface area contributed by atoms with Crippen LogP contribution >= 0.6 is 0 Å². The number of carbonyl (C=O) groups excluding carboxylic acids is 1. The van der Waals surface area contributed by atoms with Crippen molar-refractivity contribution < 1.29 is 24.2 Å². The van der Waals surface area contributed by atoms with Crippen molar-refractivity contribution >= 4 is 17.6 Å². The fourth-order valence-corrected chi connectivity index (χ4v) is 3.45. The van der Waals surface area contributed by atoms with Crippen LogP contribution in [0.3, 0.4) is 0 Å². The van der Waals surface area contributed by atoms with Crippen LogP contribution < -0.4 is 9.47 Å². The first-order chi connectivity index (χ1) is 13.5. The highest BCUT2D eigenvalue weighted by Gasteiger charge is 2.34. The summed E-state index contributed by atoms with van der Waals surface area (Å²) in [4.78, 5) is 23.6. The SMILES string of the molecule is Cc1cccc(C2=NN(C(=O)CCC(=O)O)[C@H](c3ccc4c(c3)OCO4)C2)c1. The molecule has 0 saturated carbocycles. The molecule has 2 aromatic rings. The third-order valence-electron chi connectivity index (χ3n) is 4.85. The average molecular weight is 380 g/mol. The van der Waals surface area contributed by atoms with E-state index in [9.17, 15) is 9.59 Å². The van der Waals surface area contributed by atoms with Crippen molar-refractivity contribution in [1.29, 1.82) is 0 Å². The van der Waals surface area contributed by atoms with Crippen LogP contribution in [0.15, 0.2) is 47.6 Å². The van der Waals surface area contributed by atoms with Crippen LogP contribution in [0.1, 0.15) is 42.0 Å². The van der Waals surface area contributed by atoms with Crippen molar-refractivity contribution in [3.8, 4) is 11.5 Å². The molecule has 0 aliphatic carbocycles. The highest BCUT2D eigenvalue weighted by Crippen LogP contribution is 2.39. The van der Waals surface area contributed by atoms with E-state index in [0.717, 1.165) is 22.4 Å². The smallest absolute Gasteiger partial charge is 0.303 e. The van der Waals surface area contributed by atoms with Gasteiger partial charge in [-0.15, -0.1) is 0 Å². The second-order valence-corrected chi connectivity index (χ2v) is 6.88. The molecule has 1 amide bonds. The Kier molecular flexibility index (Phi) is 4.73. The number of nitrogens with zero attached hydrogens (tertiary/aromatic N) is 2. The third kappa shape index (κ3) is 3.55. The maximum atomic E-state index is 12.7. The summed E-state index contributed by atoms with van der Waals surface area (Å²) in [5.41, 5.74) is 3.74. The number of ether oxygens (including phenoxy) is 2. The van der Waals surface area contributed by atoms with Gasteiger partial charge in [-0.1, -0.05) is 35.9 Å². The van der Waals surface area contributed by atoms with E-state index in [1.807, 2.05) is 49.4 Å². The zero-order valence-corrected chi connectivity index (χ0v) is 15.4. The minimum Gasteiger partial charge on any atom is -0.481 e. The van der Waals surface area contributed by atoms with Crippen molar-refractivity contribution in [2.45, 2.75) is 32.2 Å². The molecule has 2 heterocycles. The summed E-state index contributed by atoms with van der Waals surface area (Å²) in [6.07, 6.45) is 0.224. The molecule has 0 radical (unpaired) electrons. The van der Waals surface area contributed by atoms with Crippen LogP contribution in [-0.4, -0.2) is 34.5 Å². The number of carboxylic acids is 1. The summed E-state index contributed by atoms with van der Waals surface area (Å²) in [6.45, 7) is 2.18. The molecule has 2 aliphatic rings. The molecule has 0 aromatic heterocycles. The Balaban J connectivity index is 1.65. The first kappa shape index (κ1) is 18.0. The second-order valence-electron chi connectivity index (χ2n) is 6.88. The van der Waals surface area contributed by atoms with Gasteiger partial charge in [0.25, 0.3) is 0 Å². The van der Waals surface area contributed by atoms with Gasteiger partial charge in [0.15, 0.2) is 11.5 Å². The van der Waals surface area contributed by atoms with Gasteiger partial charge < -0.3 is 14.6 Å². The fraction of sp³-hybridized carbons (Fsp3) is 0.286. The number of aliphatic carboxylic acids is 1. The van der Waals surface area contributed by atoms with Crippen LogP contribution in [0.25, 0.3) is 0 Å². The first-order valence-electron chi connectivity index (χ1n) is 9.09. The number of hydrogen-bond donors (Lipinski definition) is 1. The van der Waals surface area contributed by atoms with E-state index in [4.69, 9.17) is 14.6 Å². The zero-order chi connectivity index (χ0) is 19.7. The fourth-order valence-electron chi connectivity index (χ4n) is 3.45. The van der Waals surface area contributed by atoms with E-state index in [1.165, 1.54) is 5.01 Å². The van der Waals surface area contributed by atoms with Gasteiger partial charge in [0.2, 0.25) is 12.7 Å². The molecule has 4 rings (SSSR count). The Morgan fingerprint density at radius 1 is 1.14 bits per heavy atom. The Morgan fingerprint density at radius 2 is 1.96 bits per heavy atom. The lowest BCUT2D eigenvalue weighted by molar-refractivity contribution is -0.141. The molecule has 0 spiro atoms. The minimum atomic E-state index is -1.00. The van der Waals surface area contributed by atoms with Gasteiger partial charge in [-0.25, -0.2) is 5.01 Å². The molecule has 1 N–H and O–H groups in total. The summed E-state index contributed by atoms with van der Waals surface area (Å²) in [7, 11) is 0. The van der Waals surface area contributed by atoms with Crippen molar-refractivity contribution in [2.24, 2.45) is 5.10 Å². The van der Waals surface area contributed by atoms with E-state index in [1.54, 1.807) is 0 Å². The topological polar surface area (TPSA) is 88.4 Å². The normalized spacial score (nSPS) is 17.5. The molecule has 7 heteroatoms. The molecular formula is C21H20N2O5. The van der Waals surface area contributed by atoms with E-state index in [0.29, 0.717) is 17.9 Å². The highest BCUT2D eigenvalue weighted by molar-refractivity contribution is 6.03. The lowest BCUT2D eigenvalue weighted by Crippen LogP contribution is -2.27. The molecule has 0 fully saturated rings. The molecule has 144 valence electrons. The molecule has 1 atom stereocenters. The number of benzene rings is 2. The van der Waals surface area contributed by atoms with Crippen LogP contribution in [0, 0.1) is 6.92 Å². The molecule has 0 unspecified atom stereocenters. The standard InChI is InChI=1S/C21H20N2O5/c1-13-3-2-4-14(9-13)16-11-17(23(22-16)20(24)7-8-21(25)26)15-5-6-18-19(10-15)28-12-27-18/h2-6,9-10,17H,7-8,11-12H2,1H3,(H,25,26)/t17-/m0/s1. The lowest BCUT2D eigenvalue weighted by Gasteiger charge is -2.22. The number of hydrogen-bond acceptors (Lipinski definition) is 5. The first-order valence-corrected chi connectivity index (χ1v) is 9.09. The summed E-state index contributed by atoms with van der Waals surface area (Å²) in [5.74, 6) is -0.00690. The van der Waals surface area contributed by atoms with Gasteiger partial charge in [0, 0.05) is 12.8 Å². The van der Waals surface area contributed by atoms with Crippen molar-refractivity contribution in [3.63, 3.8) is 0 Å². The predicted octanol–water partition coefficient (Wildman–Crippen LogP) is 3.27. The number of rotatable bonds is 5. The lowest BCUT2D eigenvalue weighted by atomic mass is 9.97. The average Bonchev–Trinajstić information content (AvgIpc) is 3.32. The van der Waals surface area contributed by atoms with E-state index in [-0.39, 0.29) is 31.6 Å². The van der Waals surface area contributed by atoms with Crippen LogP contribution in [0.4, 0.5) is 0 Å². The summed E-state index contributed by atoms with van der Waals surface area (Å²) < 4.78 is 10.8. The van der Waals surface area contributed by atoms with Crippen LogP contribution in [-0.2, 0) is 9.59 Å². The number of amides is 1. The quantitative estimate of drug-likeness (QED) is 0.860. The molecule has 0 saturated heterocycles. The van der Waals surface area contributed by atoms with E-state index < -0.39 is 5.97 Å². The molecule has 2 aliphatic heterocycles. The third-order valence-corrected chi connectivity index (χ3v) is 4.85. The van der Waals surface area contributed by atoms with Gasteiger partial charge in [0.05, 0.1) is 18.2 Å². The van der Waals surface area contributed by atoms with Crippen molar-refractivity contribution in [1.82, 2.24) is 5.01 Å². The van der Waals surface area contributed by atoms with Gasteiger partial charge >= 0.3 is 5.97 Å². The monoisotopic (exact) mass is 380 g/mol. The van der Waals surface area contributed by atoms with E-state index >= 15 is 0 Å². The summed E-state index contributed by atoms with van der Waals surface area (Å²) in [5, 5.41) is 14.9. The van der Waals surface area contributed by atoms with Crippen molar-refractivity contribution in [3.05, 3.63) is 59.2 Å². The Morgan fingerprint density at radius 3 is 2.75 bits per heavy atom. The Labute approximate surface area is 162 Å². The van der Waals surface area contributed by atoms with Gasteiger partial charge in [-0.05, 0) is 30.2 Å².